The molecule has 0 aromatic carbocycles. The number of nitrogens with one attached hydrogen (secondary N) is 3. The minimum Gasteiger partial charge on any atom is -0.366 e. The van der Waals surface area contributed by atoms with Crippen LogP contribution in [0.5, 0.6) is 0 Å². The first-order valence-corrected chi connectivity index (χ1v) is 12.8. The van der Waals surface area contributed by atoms with E-state index >= 15 is 0 Å². The molecule has 6 heteroatoms. The zero-order chi connectivity index (χ0) is 19.8. The summed E-state index contributed by atoms with van der Waals surface area (Å²) in [5, 5.41) is 5.26. The van der Waals surface area contributed by atoms with Crippen molar-refractivity contribution < 1.29 is 9.80 Å². The lowest BCUT2D eigenvalue weighted by Gasteiger charge is -2.30. The number of likely N-dealkylation sites (tertiary alicyclic amines) is 2. The van der Waals surface area contributed by atoms with Crippen LogP contribution in [0, 0.1) is 5.92 Å². The lowest BCUT2D eigenvalue weighted by Crippen LogP contribution is -3.13. The van der Waals surface area contributed by atoms with E-state index in [4.69, 9.17) is 9.97 Å². The maximum Gasteiger partial charge on any atom is 0.187 e. The summed E-state index contributed by atoms with van der Waals surface area (Å²) in [4.78, 5) is 16.4. The number of aromatic nitrogens is 2. The molecule has 0 saturated carbocycles. The van der Waals surface area contributed by atoms with Gasteiger partial charge in [0.15, 0.2) is 5.82 Å². The minimum atomic E-state index is 0.566. The van der Waals surface area contributed by atoms with Crippen molar-refractivity contribution in [3.63, 3.8) is 0 Å². The third-order valence-electron chi connectivity index (χ3n) is 7.53. The van der Waals surface area contributed by atoms with Gasteiger partial charge in [-0.2, -0.15) is 0 Å². The van der Waals surface area contributed by atoms with Gasteiger partial charge in [0.05, 0.1) is 38.1 Å². The maximum atomic E-state index is 5.15. The van der Waals surface area contributed by atoms with Crippen molar-refractivity contribution >= 4 is 27.4 Å². The highest BCUT2D eigenvalue weighted by Crippen LogP contribution is 2.39. The molecule has 2 aliphatic heterocycles. The molecule has 1 aliphatic carbocycles. The second-order valence-corrected chi connectivity index (χ2v) is 10.7. The largest absolute Gasteiger partial charge is 0.366 e. The molecule has 158 valence electrons. The molecular formula is C23H37N5S+2. The number of aryl methyl sites for hydroxylation is 2. The number of piperidine rings is 2. The van der Waals surface area contributed by atoms with Gasteiger partial charge in [-0.1, -0.05) is 6.92 Å². The summed E-state index contributed by atoms with van der Waals surface area (Å²) >= 11 is 1.94. The zero-order valence-electron chi connectivity index (χ0n) is 18.1. The van der Waals surface area contributed by atoms with Crippen molar-refractivity contribution in [1.29, 1.82) is 0 Å². The number of fused-ring (bicyclic) bond motifs is 3. The Kier molecular flexibility index (Phi) is 5.76. The summed E-state index contributed by atoms with van der Waals surface area (Å²) in [6.07, 6.45) is 8.94. The number of anilines is 1. The monoisotopic (exact) mass is 415 g/mol. The summed E-state index contributed by atoms with van der Waals surface area (Å²) in [5.41, 5.74) is 1.55. The predicted molar refractivity (Wildman–Crippen MR) is 120 cm³/mol. The van der Waals surface area contributed by atoms with Gasteiger partial charge in [-0.3, -0.25) is 0 Å². The van der Waals surface area contributed by atoms with E-state index in [-0.39, 0.29) is 0 Å². The molecule has 2 aromatic rings. The average molecular weight is 416 g/mol. The first kappa shape index (κ1) is 19.7. The molecule has 5 rings (SSSR count). The molecule has 0 unspecified atom stereocenters. The fourth-order valence-corrected chi connectivity index (χ4v) is 6.79. The van der Waals surface area contributed by atoms with E-state index in [1.807, 2.05) is 11.3 Å². The molecule has 3 N–H and O–H groups in total. The quantitative estimate of drug-likeness (QED) is 0.693. The Bertz CT molecular complexity index is 847. The van der Waals surface area contributed by atoms with Crippen LogP contribution in [0.2, 0.25) is 0 Å². The Labute approximate surface area is 178 Å². The van der Waals surface area contributed by atoms with Gasteiger partial charge in [0.1, 0.15) is 17.2 Å². The van der Waals surface area contributed by atoms with Gasteiger partial charge in [-0.05, 0) is 50.5 Å². The first-order chi connectivity index (χ1) is 14.2. The molecule has 2 saturated heterocycles. The lowest BCUT2D eigenvalue weighted by molar-refractivity contribution is -0.920. The zero-order valence-corrected chi connectivity index (χ0v) is 19.0. The lowest BCUT2D eigenvalue weighted by atomic mass is 9.99. The van der Waals surface area contributed by atoms with Crippen LogP contribution in [0.25, 0.3) is 10.2 Å². The molecule has 0 amide bonds. The van der Waals surface area contributed by atoms with E-state index in [0.717, 1.165) is 24.1 Å². The van der Waals surface area contributed by atoms with Gasteiger partial charge in [0, 0.05) is 23.8 Å². The molecule has 4 heterocycles. The summed E-state index contributed by atoms with van der Waals surface area (Å²) < 4.78 is 0. The molecule has 0 atom stereocenters. The van der Waals surface area contributed by atoms with Crippen LogP contribution in [0.4, 0.5) is 5.82 Å². The highest BCUT2D eigenvalue weighted by atomic mass is 32.1. The highest BCUT2D eigenvalue weighted by molar-refractivity contribution is 7.19. The van der Waals surface area contributed by atoms with Crippen molar-refractivity contribution in [3.05, 3.63) is 16.3 Å². The van der Waals surface area contributed by atoms with Crippen LogP contribution in [-0.2, 0) is 19.4 Å². The molecule has 29 heavy (non-hydrogen) atoms. The van der Waals surface area contributed by atoms with Crippen LogP contribution < -0.4 is 15.1 Å². The van der Waals surface area contributed by atoms with E-state index in [9.17, 15) is 0 Å². The van der Waals surface area contributed by atoms with Crippen molar-refractivity contribution in [3.8, 4) is 0 Å². The highest BCUT2D eigenvalue weighted by Gasteiger charge is 2.27. The van der Waals surface area contributed by atoms with Crippen molar-refractivity contribution in [2.45, 2.75) is 71.4 Å². The average Bonchev–Trinajstić information content (AvgIpc) is 3.31. The van der Waals surface area contributed by atoms with Gasteiger partial charge in [0.25, 0.3) is 0 Å². The summed E-state index contributed by atoms with van der Waals surface area (Å²) in [6.45, 7) is 12.0. The number of thiophene rings is 1. The van der Waals surface area contributed by atoms with Crippen LogP contribution in [0.1, 0.15) is 62.2 Å². The van der Waals surface area contributed by atoms with Gasteiger partial charge in [0.2, 0.25) is 0 Å². The van der Waals surface area contributed by atoms with Gasteiger partial charge < -0.3 is 15.1 Å². The Morgan fingerprint density at radius 1 is 1.00 bits per heavy atom. The van der Waals surface area contributed by atoms with Crippen molar-refractivity contribution in [1.82, 2.24) is 9.97 Å². The fraction of sp³-hybridized carbons (Fsp3) is 0.739. The Balaban J connectivity index is 1.41. The molecular weight excluding hydrogens is 378 g/mol. The number of hydrogen-bond acceptors (Lipinski definition) is 4. The van der Waals surface area contributed by atoms with Crippen LogP contribution >= 0.6 is 11.3 Å². The van der Waals surface area contributed by atoms with E-state index in [0.29, 0.717) is 6.04 Å². The Morgan fingerprint density at radius 3 is 2.52 bits per heavy atom. The van der Waals surface area contributed by atoms with Crippen molar-refractivity contribution in [2.24, 2.45) is 5.92 Å². The SMILES string of the molecule is CC[NH+]1CCC(Nc2nc(C[NH+]3CCC(C)CC3)nc3sc4c(c23)CCC4)CC1. The van der Waals surface area contributed by atoms with Gasteiger partial charge in [-0.15, -0.1) is 11.3 Å². The van der Waals surface area contributed by atoms with Crippen LogP contribution in [0.15, 0.2) is 0 Å². The van der Waals surface area contributed by atoms with Gasteiger partial charge in [-0.25, -0.2) is 9.97 Å². The summed E-state index contributed by atoms with van der Waals surface area (Å²) in [6, 6.07) is 0.566. The fourth-order valence-electron chi connectivity index (χ4n) is 5.51. The molecule has 0 bridgehead atoms. The maximum absolute atomic E-state index is 5.15. The minimum absolute atomic E-state index is 0.566. The molecule has 0 radical (unpaired) electrons. The van der Waals surface area contributed by atoms with E-state index in [1.165, 1.54) is 87.9 Å². The summed E-state index contributed by atoms with van der Waals surface area (Å²) in [5.74, 6) is 3.09. The third kappa shape index (κ3) is 4.17. The number of rotatable bonds is 5. The molecule has 2 fully saturated rings. The number of nitrogens with zero attached hydrogens (tertiary/aromatic N) is 2. The van der Waals surface area contributed by atoms with E-state index in [2.05, 4.69) is 19.2 Å². The molecule has 2 aromatic heterocycles. The molecule has 5 nitrogen and oxygen atoms in total. The smallest absolute Gasteiger partial charge is 0.187 e. The standard InChI is InChI=1S/C23H35N5S/c1-3-27-13-9-17(10-14-27)24-22-21-18-5-4-6-19(18)29-23(21)26-20(25-22)15-28-11-7-16(2)8-12-28/h16-17H,3-15H2,1-2H3,(H,24,25,26)/p+2. The number of hydrogen-bond donors (Lipinski definition) is 3. The second-order valence-electron chi connectivity index (χ2n) is 9.66. The van der Waals surface area contributed by atoms with Crippen LogP contribution in [0.3, 0.4) is 0 Å². The van der Waals surface area contributed by atoms with Crippen molar-refractivity contribution in [2.75, 3.05) is 38.0 Å². The molecule has 0 spiro atoms. The van der Waals surface area contributed by atoms with Gasteiger partial charge >= 0.3 is 0 Å². The normalized spacial score (nSPS) is 29.9. The number of quaternary nitrogens is 2. The third-order valence-corrected chi connectivity index (χ3v) is 8.72. The Hall–Kier alpha value is -1.24. The topological polar surface area (TPSA) is 46.7 Å². The second kappa shape index (κ2) is 8.48. The van der Waals surface area contributed by atoms with E-state index < -0.39 is 0 Å². The molecule has 3 aliphatic rings. The van der Waals surface area contributed by atoms with Crippen LogP contribution in [-0.4, -0.2) is 48.7 Å². The predicted octanol–water partition coefficient (Wildman–Crippen LogP) is 1.47. The van der Waals surface area contributed by atoms with E-state index in [1.54, 1.807) is 20.2 Å². The summed E-state index contributed by atoms with van der Waals surface area (Å²) in [7, 11) is 0. The first-order valence-electron chi connectivity index (χ1n) is 11.9. The Morgan fingerprint density at radius 2 is 1.76 bits per heavy atom.